The molecule has 0 radical (unpaired) electrons. The van der Waals surface area contributed by atoms with Gasteiger partial charge in [0.15, 0.2) is 0 Å². The monoisotopic (exact) mass is 409 g/mol. The Kier molecular flexibility index (Phi) is 5.25. The van der Waals surface area contributed by atoms with E-state index >= 15 is 0 Å². The lowest BCUT2D eigenvalue weighted by atomic mass is 9.53. The molecule has 4 aliphatic rings. The minimum atomic E-state index is -0.395. The average molecular weight is 410 g/mol. The van der Waals surface area contributed by atoms with Gasteiger partial charge in [0.05, 0.1) is 10.4 Å². The van der Waals surface area contributed by atoms with Crippen LogP contribution in [-0.2, 0) is 11.3 Å². The summed E-state index contributed by atoms with van der Waals surface area (Å²) >= 11 is 7.48. The molecule has 4 aliphatic carbocycles. The van der Waals surface area contributed by atoms with E-state index in [1.54, 1.807) is 0 Å². The van der Waals surface area contributed by atoms with Gasteiger partial charge in [-0.05, 0) is 82.4 Å². The van der Waals surface area contributed by atoms with E-state index in [4.69, 9.17) is 11.6 Å². The van der Waals surface area contributed by atoms with E-state index in [1.165, 1.54) is 30.6 Å². The van der Waals surface area contributed by atoms with E-state index in [2.05, 4.69) is 10.6 Å². The zero-order valence-corrected chi connectivity index (χ0v) is 17.5. The molecule has 4 fully saturated rings. The average Bonchev–Trinajstić information content (AvgIpc) is 2.96. The van der Waals surface area contributed by atoms with E-state index in [9.17, 15) is 9.59 Å². The minimum absolute atomic E-state index is 0.0814. The SMILES string of the molecule is CC(C(=O)NC(=O)NC12CC3CC(CC(C3)C1)C2)N(C)Cc1ccc(Cl)s1. The van der Waals surface area contributed by atoms with Gasteiger partial charge in [-0.15, -0.1) is 11.3 Å². The van der Waals surface area contributed by atoms with Crippen LogP contribution in [0.5, 0.6) is 0 Å². The van der Waals surface area contributed by atoms with Gasteiger partial charge < -0.3 is 5.32 Å². The first kappa shape index (κ1) is 19.2. The van der Waals surface area contributed by atoms with Gasteiger partial charge in [0.2, 0.25) is 5.91 Å². The molecule has 1 aromatic heterocycles. The van der Waals surface area contributed by atoms with Crippen molar-refractivity contribution in [2.45, 2.75) is 63.6 Å². The summed E-state index contributed by atoms with van der Waals surface area (Å²) in [6, 6.07) is 3.10. The van der Waals surface area contributed by atoms with Crippen molar-refractivity contribution in [1.82, 2.24) is 15.5 Å². The van der Waals surface area contributed by atoms with Crippen LogP contribution in [0.4, 0.5) is 4.79 Å². The summed E-state index contributed by atoms with van der Waals surface area (Å²) in [4.78, 5) is 28.1. The van der Waals surface area contributed by atoms with Crippen LogP contribution in [-0.4, -0.2) is 35.5 Å². The Labute approximate surface area is 169 Å². The lowest BCUT2D eigenvalue weighted by Gasteiger charge is -2.56. The normalized spacial score (nSPS) is 32.5. The van der Waals surface area contributed by atoms with Crippen LogP contribution in [0.1, 0.15) is 50.3 Å². The molecular formula is C20H28ClN3O2S. The van der Waals surface area contributed by atoms with E-state index in [0.717, 1.165) is 46.2 Å². The van der Waals surface area contributed by atoms with Crippen molar-refractivity contribution in [3.63, 3.8) is 0 Å². The Morgan fingerprint density at radius 1 is 1.22 bits per heavy atom. The van der Waals surface area contributed by atoms with Crippen LogP contribution in [0, 0.1) is 17.8 Å². The summed E-state index contributed by atoms with van der Waals surface area (Å²) < 4.78 is 0.741. The molecule has 0 aromatic carbocycles. The van der Waals surface area contributed by atoms with Crippen molar-refractivity contribution < 1.29 is 9.59 Å². The smallest absolute Gasteiger partial charge is 0.321 e. The third kappa shape index (κ3) is 4.17. The second-order valence-corrected chi connectivity index (χ2v) is 10.7. The maximum absolute atomic E-state index is 12.5. The Morgan fingerprint density at radius 3 is 2.33 bits per heavy atom. The van der Waals surface area contributed by atoms with E-state index in [1.807, 2.05) is 31.0 Å². The van der Waals surface area contributed by atoms with Gasteiger partial charge in [-0.3, -0.25) is 15.0 Å². The predicted molar refractivity (Wildman–Crippen MR) is 108 cm³/mol. The molecule has 0 saturated heterocycles. The molecule has 5 rings (SSSR count). The standard InChI is InChI=1S/C20H28ClN3O2S/c1-12(24(2)11-16-3-4-17(21)27-16)18(25)22-19(26)23-20-8-13-5-14(9-20)7-15(6-13)10-20/h3-4,12-15H,5-11H2,1-2H3,(H2,22,23,25,26). The predicted octanol–water partition coefficient (Wildman–Crippen LogP) is 4.02. The van der Waals surface area contributed by atoms with Crippen molar-refractivity contribution in [1.29, 1.82) is 0 Å². The number of hydrogen-bond acceptors (Lipinski definition) is 4. The molecule has 4 saturated carbocycles. The van der Waals surface area contributed by atoms with Crippen LogP contribution in [0.3, 0.4) is 0 Å². The number of halogens is 1. The van der Waals surface area contributed by atoms with Crippen LogP contribution in [0.2, 0.25) is 4.34 Å². The van der Waals surface area contributed by atoms with Gasteiger partial charge in [-0.25, -0.2) is 4.79 Å². The number of nitrogens with zero attached hydrogens (tertiary/aromatic N) is 1. The number of imide groups is 1. The molecule has 4 bridgehead atoms. The zero-order valence-electron chi connectivity index (χ0n) is 16.0. The quantitative estimate of drug-likeness (QED) is 0.772. The van der Waals surface area contributed by atoms with Gasteiger partial charge >= 0.3 is 6.03 Å². The van der Waals surface area contributed by atoms with Crippen LogP contribution < -0.4 is 10.6 Å². The third-order valence-electron chi connectivity index (χ3n) is 6.73. The fourth-order valence-electron chi connectivity index (χ4n) is 5.77. The molecule has 0 spiro atoms. The Morgan fingerprint density at radius 2 is 1.81 bits per heavy atom. The second-order valence-electron chi connectivity index (χ2n) is 8.94. The number of likely N-dealkylation sites (N-methyl/N-ethyl adjacent to an activating group) is 1. The van der Waals surface area contributed by atoms with Gasteiger partial charge in [-0.1, -0.05) is 11.6 Å². The molecule has 1 unspecified atom stereocenters. The lowest BCUT2D eigenvalue weighted by molar-refractivity contribution is -0.124. The number of carbonyl (C=O) groups excluding carboxylic acids is 2. The molecule has 1 atom stereocenters. The molecule has 3 amide bonds. The molecule has 2 N–H and O–H groups in total. The molecule has 148 valence electrons. The molecule has 27 heavy (non-hydrogen) atoms. The molecular weight excluding hydrogens is 382 g/mol. The highest BCUT2D eigenvalue weighted by atomic mass is 35.5. The fraction of sp³-hybridized carbons (Fsp3) is 0.700. The summed E-state index contributed by atoms with van der Waals surface area (Å²) in [7, 11) is 1.88. The number of rotatable bonds is 5. The number of nitrogens with one attached hydrogen (secondary N) is 2. The zero-order chi connectivity index (χ0) is 19.2. The van der Waals surface area contributed by atoms with Crippen molar-refractivity contribution in [3.05, 3.63) is 21.3 Å². The lowest BCUT2D eigenvalue weighted by Crippen LogP contribution is -2.62. The number of amides is 3. The first-order valence-corrected chi connectivity index (χ1v) is 11.1. The van der Waals surface area contributed by atoms with Crippen LogP contribution in [0.15, 0.2) is 12.1 Å². The van der Waals surface area contributed by atoms with E-state index < -0.39 is 6.04 Å². The molecule has 5 nitrogen and oxygen atoms in total. The first-order valence-electron chi connectivity index (χ1n) is 9.89. The maximum Gasteiger partial charge on any atom is 0.321 e. The summed E-state index contributed by atoms with van der Waals surface area (Å²) in [5.74, 6) is 2.02. The van der Waals surface area contributed by atoms with Gasteiger partial charge in [0, 0.05) is 17.0 Å². The highest BCUT2D eigenvalue weighted by molar-refractivity contribution is 7.16. The maximum atomic E-state index is 12.5. The number of hydrogen-bond donors (Lipinski definition) is 2. The van der Waals surface area contributed by atoms with Crippen LogP contribution >= 0.6 is 22.9 Å². The first-order chi connectivity index (χ1) is 12.8. The van der Waals surface area contributed by atoms with E-state index in [-0.39, 0.29) is 17.5 Å². The highest BCUT2D eigenvalue weighted by Crippen LogP contribution is 2.55. The fourth-order valence-corrected chi connectivity index (χ4v) is 6.92. The number of urea groups is 1. The highest BCUT2D eigenvalue weighted by Gasteiger charge is 2.51. The molecule has 1 aromatic rings. The number of carbonyl (C=O) groups is 2. The largest absolute Gasteiger partial charge is 0.332 e. The summed E-state index contributed by atoms with van der Waals surface area (Å²) in [5.41, 5.74) is -0.0814. The van der Waals surface area contributed by atoms with Crippen molar-refractivity contribution in [2.24, 2.45) is 17.8 Å². The summed E-state index contributed by atoms with van der Waals surface area (Å²) in [6.07, 6.45) is 7.22. The topological polar surface area (TPSA) is 61.4 Å². The Bertz CT molecular complexity index is 699. The molecule has 0 aliphatic heterocycles. The summed E-state index contributed by atoms with van der Waals surface area (Å²) in [6.45, 7) is 2.45. The number of thiophene rings is 1. The molecule has 1 heterocycles. The third-order valence-corrected chi connectivity index (χ3v) is 7.94. The Balaban J connectivity index is 1.30. The van der Waals surface area contributed by atoms with Gasteiger partial charge in [0.1, 0.15) is 0 Å². The molecule has 7 heteroatoms. The van der Waals surface area contributed by atoms with Crippen molar-refractivity contribution in [2.75, 3.05) is 7.05 Å². The van der Waals surface area contributed by atoms with Gasteiger partial charge in [-0.2, -0.15) is 0 Å². The second kappa shape index (κ2) is 7.37. The van der Waals surface area contributed by atoms with Gasteiger partial charge in [0.25, 0.3) is 0 Å². The van der Waals surface area contributed by atoms with E-state index in [0.29, 0.717) is 6.54 Å². The van der Waals surface area contributed by atoms with Crippen LogP contribution in [0.25, 0.3) is 0 Å². The van der Waals surface area contributed by atoms with Crippen molar-refractivity contribution in [3.8, 4) is 0 Å². The minimum Gasteiger partial charge on any atom is -0.332 e. The summed E-state index contributed by atoms with van der Waals surface area (Å²) in [5, 5.41) is 5.77. The Hall–Kier alpha value is -1.11. The van der Waals surface area contributed by atoms with Crippen molar-refractivity contribution >= 4 is 34.9 Å².